The highest BCUT2D eigenvalue weighted by molar-refractivity contribution is 7.13. The van der Waals surface area contributed by atoms with Gasteiger partial charge in [0.1, 0.15) is 0 Å². The van der Waals surface area contributed by atoms with E-state index in [-0.39, 0.29) is 5.91 Å². The maximum absolute atomic E-state index is 12.0. The lowest BCUT2D eigenvalue weighted by Crippen LogP contribution is -2.13. The molecule has 0 atom stereocenters. The van der Waals surface area contributed by atoms with Crippen molar-refractivity contribution in [3.63, 3.8) is 0 Å². The predicted molar refractivity (Wildman–Crippen MR) is 91.5 cm³/mol. The Balaban J connectivity index is 2.45. The SMILES string of the molecule is CCOCCCn1c(C)c(C(N)=O)c(-c2cccs2)c1CC. The molecule has 2 aromatic rings. The zero-order valence-corrected chi connectivity index (χ0v) is 14.3. The van der Waals surface area contributed by atoms with Gasteiger partial charge in [0.2, 0.25) is 0 Å². The van der Waals surface area contributed by atoms with Crippen LogP contribution in [0.25, 0.3) is 10.4 Å². The average molecular weight is 320 g/mol. The summed E-state index contributed by atoms with van der Waals surface area (Å²) in [6.07, 6.45) is 1.80. The monoisotopic (exact) mass is 320 g/mol. The van der Waals surface area contributed by atoms with Crippen molar-refractivity contribution in [3.05, 3.63) is 34.5 Å². The third kappa shape index (κ3) is 3.25. The summed E-state index contributed by atoms with van der Waals surface area (Å²) in [6.45, 7) is 8.42. The number of nitrogens with two attached hydrogens (primary N) is 1. The molecule has 0 spiro atoms. The Kier molecular flexibility index (Phi) is 5.80. The van der Waals surface area contributed by atoms with Crippen molar-refractivity contribution in [2.45, 2.75) is 40.2 Å². The molecule has 0 fully saturated rings. The zero-order valence-electron chi connectivity index (χ0n) is 13.5. The molecule has 2 N–H and O–H groups in total. The fraction of sp³-hybridized carbons (Fsp3) is 0.471. The van der Waals surface area contributed by atoms with Gasteiger partial charge in [-0.1, -0.05) is 13.0 Å². The summed E-state index contributed by atoms with van der Waals surface area (Å²) in [4.78, 5) is 13.1. The molecule has 0 saturated carbocycles. The van der Waals surface area contributed by atoms with Crippen molar-refractivity contribution >= 4 is 17.2 Å². The number of carbonyl (C=O) groups is 1. The van der Waals surface area contributed by atoms with Crippen LogP contribution in [-0.2, 0) is 17.7 Å². The number of ether oxygens (including phenoxy) is 1. The van der Waals surface area contributed by atoms with Crippen LogP contribution in [0.15, 0.2) is 17.5 Å². The normalized spacial score (nSPS) is 11.0. The first-order valence-electron chi connectivity index (χ1n) is 7.75. The molecule has 0 unspecified atom stereocenters. The lowest BCUT2D eigenvalue weighted by atomic mass is 10.1. The van der Waals surface area contributed by atoms with Crippen LogP contribution < -0.4 is 5.73 Å². The third-order valence-corrected chi connectivity index (χ3v) is 4.74. The smallest absolute Gasteiger partial charge is 0.251 e. The molecule has 0 aliphatic rings. The first-order chi connectivity index (χ1) is 10.6. The number of nitrogens with zero attached hydrogens (tertiary/aromatic N) is 1. The van der Waals surface area contributed by atoms with Crippen LogP contribution >= 0.6 is 11.3 Å². The molecule has 5 heteroatoms. The minimum Gasteiger partial charge on any atom is -0.382 e. The Morgan fingerprint density at radius 1 is 1.41 bits per heavy atom. The van der Waals surface area contributed by atoms with Crippen LogP contribution in [0.1, 0.15) is 42.0 Å². The summed E-state index contributed by atoms with van der Waals surface area (Å²) in [5.74, 6) is -0.348. The van der Waals surface area contributed by atoms with E-state index in [1.54, 1.807) is 11.3 Å². The van der Waals surface area contributed by atoms with E-state index in [1.807, 2.05) is 25.3 Å². The Hall–Kier alpha value is -1.59. The molecule has 0 aliphatic heterocycles. The highest BCUT2D eigenvalue weighted by atomic mass is 32.1. The van der Waals surface area contributed by atoms with E-state index in [0.29, 0.717) is 5.56 Å². The van der Waals surface area contributed by atoms with Gasteiger partial charge in [0.05, 0.1) is 5.56 Å². The Bertz CT molecular complexity index is 630. The zero-order chi connectivity index (χ0) is 16.1. The van der Waals surface area contributed by atoms with E-state index < -0.39 is 0 Å². The first-order valence-corrected chi connectivity index (χ1v) is 8.63. The number of amides is 1. The summed E-state index contributed by atoms with van der Waals surface area (Å²) in [7, 11) is 0. The molecule has 0 aromatic carbocycles. The lowest BCUT2D eigenvalue weighted by molar-refractivity contribution is 0.1000. The van der Waals surface area contributed by atoms with Gasteiger partial charge in [-0.3, -0.25) is 4.79 Å². The summed E-state index contributed by atoms with van der Waals surface area (Å²) < 4.78 is 7.65. The molecule has 2 aromatic heterocycles. The fourth-order valence-electron chi connectivity index (χ4n) is 2.92. The van der Waals surface area contributed by atoms with E-state index in [9.17, 15) is 4.79 Å². The molecule has 120 valence electrons. The van der Waals surface area contributed by atoms with Gasteiger partial charge in [-0.25, -0.2) is 0 Å². The molecule has 22 heavy (non-hydrogen) atoms. The standard InChI is InChI=1S/C17H24N2O2S/c1-4-13-16(14-8-6-11-22-14)15(17(18)20)12(3)19(13)9-7-10-21-5-2/h6,8,11H,4-5,7,9-10H2,1-3H3,(H2,18,20). The molecule has 2 heterocycles. The minimum absolute atomic E-state index is 0.348. The second-order valence-corrected chi connectivity index (χ2v) is 6.13. The molecule has 0 aliphatic carbocycles. The number of primary amides is 1. The van der Waals surface area contributed by atoms with Gasteiger partial charge >= 0.3 is 0 Å². The van der Waals surface area contributed by atoms with Crippen LogP contribution in [0.5, 0.6) is 0 Å². The van der Waals surface area contributed by atoms with E-state index in [0.717, 1.165) is 48.7 Å². The third-order valence-electron chi connectivity index (χ3n) is 3.85. The van der Waals surface area contributed by atoms with Gasteiger partial charge in [-0.15, -0.1) is 11.3 Å². The number of carbonyl (C=O) groups excluding carboxylic acids is 1. The van der Waals surface area contributed by atoms with Gasteiger partial charge in [0.25, 0.3) is 5.91 Å². The molecule has 0 saturated heterocycles. The number of rotatable bonds is 8. The Morgan fingerprint density at radius 2 is 2.18 bits per heavy atom. The highest BCUT2D eigenvalue weighted by Crippen LogP contribution is 2.35. The molecule has 0 radical (unpaired) electrons. The molecular weight excluding hydrogens is 296 g/mol. The van der Waals surface area contributed by atoms with Crippen LogP contribution in [0, 0.1) is 6.92 Å². The van der Waals surface area contributed by atoms with Crippen molar-refractivity contribution in [2.24, 2.45) is 5.73 Å². The van der Waals surface area contributed by atoms with Gasteiger partial charge in [-0.05, 0) is 38.1 Å². The van der Waals surface area contributed by atoms with Gasteiger partial charge in [0.15, 0.2) is 0 Å². The van der Waals surface area contributed by atoms with Gasteiger partial charge in [0, 0.05) is 41.6 Å². The minimum atomic E-state index is -0.348. The van der Waals surface area contributed by atoms with E-state index in [2.05, 4.69) is 17.6 Å². The second kappa shape index (κ2) is 7.61. The largest absolute Gasteiger partial charge is 0.382 e. The number of hydrogen-bond donors (Lipinski definition) is 1. The Labute approximate surface area is 135 Å². The fourth-order valence-corrected chi connectivity index (χ4v) is 3.72. The Morgan fingerprint density at radius 3 is 2.73 bits per heavy atom. The first kappa shape index (κ1) is 16.8. The number of hydrogen-bond acceptors (Lipinski definition) is 3. The average Bonchev–Trinajstić information content (AvgIpc) is 3.09. The van der Waals surface area contributed by atoms with Crippen LogP contribution in [-0.4, -0.2) is 23.7 Å². The van der Waals surface area contributed by atoms with Crippen LogP contribution in [0.2, 0.25) is 0 Å². The predicted octanol–water partition coefficient (Wildman–Crippen LogP) is 3.61. The molecule has 1 amide bonds. The second-order valence-electron chi connectivity index (χ2n) is 5.18. The summed E-state index contributed by atoms with van der Waals surface area (Å²) >= 11 is 1.65. The van der Waals surface area contributed by atoms with Crippen LogP contribution in [0.3, 0.4) is 0 Å². The van der Waals surface area contributed by atoms with Gasteiger partial charge < -0.3 is 15.0 Å². The summed E-state index contributed by atoms with van der Waals surface area (Å²) in [6, 6.07) is 4.06. The number of thiophene rings is 1. The van der Waals surface area contributed by atoms with Crippen molar-refractivity contribution in [2.75, 3.05) is 13.2 Å². The van der Waals surface area contributed by atoms with Crippen molar-refractivity contribution in [3.8, 4) is 10.4 Å². The highest BCUT2D eigenvalue weighted by Gasteiger charge is 2.24. The van der Waals surface area contributed by atoms with Crippen LogP contribution in [0.4, 0.5) is 0 Å². The quantitative estimate of drug-likeness (QED) is 0.755. The number of aromatic nitrogens is 1. The maximum Gasteiger partial charge on any atom is 0.251 e. The van der Waals surface area contributed by atoms with E-state index in [1.165, 1.54) is 5.69 Å². The van der Waals surface area contributed by atoms with E-state index >= 15 is 0 Å². The van der Waals surface area contributed by atoms with Crippen molar-refractivity contribution in [1.82, 2.24) is 4.57 Å². The topological polar surface area (TPSA) is 57.2 Å². The summed E-state index contributed by atoms with van der Waals surface area (Å²) in [5, 5.41) is 2.03. The maximum atomic E-state index is 12.0. The molecule has 0 bridgehead atoms. The van der Waals surface area contributed by atoms with Gasteiger partial charge in [-0.2, -0.15) is 0 Å². The molecule has 4 nitrogen and oxygen atoms in total. The lowest BCUT2D eigenvalue weighted by Gasteiger charge is -2.11. The van der Waals surface area contributed by atoms with Crippen molar-refractivity contribution in [1.29, 1.82) is 0 Å². The van der Waals surface area contributed by atoms with Crippen molar-refractivity contribution < 1.29 is 9.53 Å². The van der Waals surface area contributed by atoms with E-state index in [4.69, 9.17) is 10.5 Å². The molecule has 2 rings (SSSR count). The molecular formula is C17H24N2O2S. The summed E-state index contributed by atoms with van der Waals surface area (Å²) in [5.41, 5.74) is 9.49.